The van der Waals surface area contributed by atoms with E-state index in [1.54, 1.807) is 6.92 Å². The van der Waals surface area contributed by atoms with Gasteiger partial charge in [0.2, 0.25) is 9.84 Å². The zero-order valence-electron chi connectivity index (χ0n) is 13.1. The van der Waals surface area contributed by atoms with Crippen LogP contribution in [0.4, 0.5) is 8.78 Å². The Morgan fingerprint density at radius 1 is 1.00 bits per heavy atom. The first kappa shape index (κ1) is 18.1. The predicted molar refractivity (Wildman–Crippen MR) is 84.6 cm³/mol. The Bertz CT molecular complexity index is 813. The van der Waals surface area contributed by atoms with Crippen LogP contribution in [-0.4, -0.2) is 20.1 Å². The van der Waals surface area contributed by atoms with E-state index >= 15 is 0 Å². The maximum atomic E-state index is 12.5. The van der Waals surface area contributed by atoms with Gasteiger partial charge >= 0.3 is 11.7 Å². The van der Waals surface area contributed by atoms with E-state index in [0.717, 1.165) is 35.4 Å². The number of rotatable bonds is 5. The molecule has 0 spiro atoms. The van der Waals surface area contributed by atoms with Gasteiger partial charge in [0.25, 0.3) is 0 Å². The minimum Gasteiger partial charge on any atom is -0.454 e. The van der Waals surface area contributed by atoms with Gasteiger partial charge < -0.3 is 4.74 Å². The van der Waals surface area contributed by atoms with Crippen molar-refractivity contribution in [2.75, 3.05) is 0 Å². The van der Waals surface area contributed by atoms with Gasteiger partial charge in [-0.25, -0.2) is 13.2 Å². The Balaban J connectivity index is 2.11. The molecule has 1 atom stereocenters. The lowest BCUT2D eigenvalue weighted by atomic mass is 10.1. The van der Waals surface area contributed by atoms with Gasteiger partial charge in [0.05, 0.1) is 10.5 Å². The van der Waals surface area contributed by atoms with Crippen molar-refractivity contribution in [2.24, 2.45) is 0 Å². The van der Waals surface area contributed by atoms with E-state index in [1.165, 1.54) is 0 Å². The molecule has 7 heteroatoms. The first-order chi connectivity index (χ1) is 11.2. The normalized spacial score (nSPS) is 12.9. The third-order valence-corrected chi connectivity index (χ3v) is 4.88. The SMILES string of the molecule is Cc1ccc([C@@H](C)OC(=O)c2ccc(S(=O)(=O)C(F)F)cc2)cc1. The van der Waals surface area contributed by atoms with E-state index in [2.05, 4.69) is 0 Å². The summed E-state index contributed by atoms with van der Waals surface area (Å²) in [6, 6.07) is 11.7. The Hall–Kier alpha value is -2.28. The van der Waals surface area contributed by atoms with Gasteiger partial charge in [0.1, 0.15) is 6.10 Å². The van der Waals surface area contributed by atoms with Gasteiger partial charge in [0.15, 0.2) is 0 Å². The van der Waals surface area contributed by atoms with Crippen molar-refractivity contribution in [3.05, 3.63) is 65.2 Å². The molecule has 0 N–H and O–H groups in total. The summed E-state index contributed by atoms with van der Waals surface area (Å²) < 4.78 is 52.9. The van der Waals surface area contributed by atoms with Gasteiger partial charge in [-0.2, -0.15) is 8.78 Å². The Morgan fingerprint density at radius 2 is 1.54 bits per heavy atom. The molecular weight excluding hydrogens is 338 g/mol. The van der Waals surface area contributed by atoms with Gasteiger partial charge in [0, 0.05) is 0 Å². The summed E-state index contributed by atoms with van der Waals surface area (Å²) in [4.78, 5) is 11.5. The molecule has 2 aromatic rings. The summed E-state index contributed by atoms with van der Waals surface area (Å²) in [5.41, 5.74) is 1.97. The number of ether oxygens (including phenoxy) is 1. The van der Waals surface area contributed by atoms with Crippen LogP contribution in [0.3, 0.4) is 0 Å². The highest BCUT2D eigenvalue weighted by Gasteiger charge is 2.26. The number of esters is 1. The molecule has 0 unspecified atom stereocenters. The molecule has 24 heavy (non-hydrogen) atoms. The fraction of sp³-hybridized carbons (Fsp3) is 0.235. The highest BCUT2D eigenvalue weighted by atomic mass is 32.2. The number of benzene rings is 2. The van der Waals surface area contributed by atoms with Crippen molar-refractivity contribution in [3.63, 3.8) is 0 Å². The fourth-order valence-corrected chi connectivity index (χ4v) is 2.74. The Kier molecular flexibility index (Phi) is 5.33. The Labute approximate surface area is 139 Å². The van der Waals surface area contributed by atoms with Crippen LogP contribution in [0.1, 0.15) is 34.5 Å². The second-order valence-electron chi connectivity index (χ2n) is 5.29. The number of hydrogen-bond acceptors (Lipinski definition) is 4. The smallest absolute Gasteiger partial charge is 0.341 e. The lowest BCUT2D eigenvalue weighted by molar-refractivity contribution is 0.0338. The van der Waals surface area contributed by atoms with Crippen LogP contribution < -0.4 is 0 Å². The number of hydrogen-bond donors (Lipinski definition) is 0. The number of carbonyl (C=O) groups is 1. The number of halogens is 2. The summed E-state index contributed by atoms with van der Waals surface area (Å²) in [5, 5.41) is 0. The first-order valence-electron chi connectivity index (χ1n) is 7.11. The Morgan fingerprint density at radius 3 is 2.04 bits per heavy atom. The average Bonchev–Trinajstić information content (AvgIpc) is 2.55. The summed E-state index contributed by atoms with van der Waals surface area (Å²) in [6.07, 6.45) is -0.498. The maximum absolute atomic E-state index is 12.5. The molecule has 2 rings (SSSR count). The topological polar surface area (TPSA) is 60.4 Å². The number of carbonyl (C=O) groups excluding carboxylic acids is 1. The van der Waals surface area contributed by atoms with Crippen LogP contribution in [0.5, 0.6) is 0 Å². The highest BCUT2D eigenvalue weighted by Crippen LogP contribution is 2.21. The third-order valence-electron chi connectivity index (χ3n) is 3.48. The van der Waals surface area contributed by atoms with Crippen LogP contribution in [-0.2, 0) is 14.6 Å². The summed E-state index contributed by atoms with van der Waals surface area (Å²) >= 11 is 0. The zero-order valence-corrected chi connectivity index (χ0v) is 13.9. The summed E-state index contributed by atoms with van der Waals surface area (Å²) in [7, 11) is -4.67. The van der Waals surface area contributed by atoms with E-state index in [9.17, 15) is 22.0 Å². The number of aryl methyl sites for hydroxylation is 1. The molecule has 0 saturated carbocycles. The zero-order chi connectivity index (χ0) is 17.9. The van der Waals surface area contributed by atoms with Crippen molar-refractivity contribution < 1.29 is 26.7 Å². The minimum absolute atomic E-state index is 0.0854. The molecule has 4 nitrogen and oxygen atoms in total. The second-order valence-corrected chi connectivity index (χ2v) is 7.21. The predicted octanol–water partition coefficient (Wildman–Crippen LogP) is 3.91. The monoisotopic (exact) mass is 354 g/mol. The van der Waals surface area contributed by atoms with E-state index in [1.807, 2.05) is 31.2 Å². The van der Waals surface area contributed by atoms with E-state index in [0.29, 0.717) is 0 Å². The molecule has 0 heterocycles. The molecule has 0 fully saturated rings. The molecule has 0 aliphatic rings. The molecule has 128 valence electrons. The van der Waals surface area contributed by atoms with E-state index < -0.39 is 32.6 Å². The first-order valence-corrected chi connectivity index (χ1v) is 8.66. The van der Waals surface area contributed by atoms with Crippen LogP contribution in [0.25, 0.3) is 0 Å². The van der Waals surface area contributed by atoms with Crippen molar-refractivity contribution in [1.29, 1.82) is 0 Å². The number of alkyl halides is 2. The number of sulfone groups is 1. The van der Waals surface area contributed by atoms with Gasteiger partial charge in [-0.1, -0.05) is 29.8 Å². The van der Waals surface area contributed by atoms with Gasteiger partial charge in [-0.3, -0.25) is 0 Å². The van der Waals surface area contributed by atoms with Crippen molar-refractivity contribution in [1.82, 2.24) is 0 Å². The van der Waals surface area contributed by atoms with Crippen molar-refractivity contribution in [3.8, 4) is 0 Å². The minimum atomic E-state index is -4.67. The summed E-state index contributed by atoms with van der Waals surface area (Å²) in [6.45, 7) is 3.65. The second kappa shape index (κ2) is 7.09. The average molecular weight is 354 g/mol. The molecule has 0 amide bonds. The fourth-order valence-electron chi connectivity index (χ4n) is 2.02. The van der Waals surface area contributed by atoms with Gasteiger partial charge in [-0.05, 0) is 43.7 Å². The third kappa shape index (κ3) is 3.97. The lowest BCUT2D eigenvalue weighted by Crippen LogP contribution is -2.12. The molecule has 0 saturated heterocycles. The maximum Gasteiger partial charge on any atom is 0.341 e. The van der Waals surface area contributed by atoms with Crippen molar-refractivity contribution >= 4 is 15.8 Å². The molecule has 0 aliphatic carbocycles. The van der Waals surface area contributed by atoms with Crippen LogP contribution in [0.15, 0.2) is 53.4 Å². The van der Waals surface area contributed by atoms with E-state index in [-0.39, 0.29) is 5.56 Å². The summed E-state index contributed by atoms with van der Waals surface area (Å²) in [5.74, 6) is -4.17. The lowest BCUT2D eigenvalue weighted by Gasteiger charge is -2.14. The highest BCUT2D eigenvalue weighted by molar-refractivity contribution is 7.91. The molecule has 0 aliphatic heterocycles. The van der Waals surface area contributed by atoms with E-state index in [4.69, 9.17) is 4.74 Å². The van der Waals surface area contributed by atoms with Crippen LogP contribution in [0, 0.1) is 6.92 Å². The largest absolute Gasteiger partial charge is 0.454 e. The van der Waals surface area contributed by atoms with Gasteiger partial charge in [-0.15, -0.1) is 0 Å². The van der Waals surface area contributed by atoms with Crippen LogP contribution in [0.2, 0.25) is 0 Å². The van der Waals surface area contributed by atoms with Crippen molar-refractivity contribution in [2.45, 2.75) is 30.6 Å². The molecule has 0 aromatic heterocycles. The van der Waals surface area contributed by atoms with Crippen LogP contribution >= 0.6 is 0 Å². The molecule has 2 aromatic carbocycles. The standard InChI is InChI=1S/C17H16F2O4S/c1-11-3-5-13(6-4-11)12(2)23-16(20)14-7-9-15(10-8-14)24(21,22)17(18)19/h3-10,12,17H,1-2H3/t12-/m1/s1. The quantitative estimate of drug-likeness (QED) is 0.764. The molecular formula is C17H16F2O4S. The molecule has 0 bridgehead atoms. The molecule has 0 radical (unpaired) electrons.